The normalized spacial score (nSPS) is 10.8. The van der Waals surface area contributed by atoms with Crippen LogP contribution >= 0.6 is 59.4 Å². The first-order valence-electron chi connectivity index (χ1n) is 9.08. The van der Waals surface area contributed by atoms with E-state index in [9.17, 15) is 4.79 Å². The van der Waals surface area contributed by atoms with Gasteiger partial charge in [-0.3, -0.25) is 4.79 Å². The Morgan fingerprint density at radius 3 is 2.29 bits per heavy atom. The standard InChI is InChI=1S/C22H17Br3ClN3O2/c23-16-3-1-14(2-4-16)13-31-22-19(24)9-15(10-20(22)25)11-28-29-21(30)12-27-18-7-5-17(26)6-8-18/h1-11,27H,12-13H2,(H,29,30)/b28-11-. The first-order chi connectivity index (χ1) is 14.9. The summed E-state index contributed by atoms with van der Waals surface area (Å²) in [5, 5.41) is 7.65. The van der Waals surface area contributed by atoms with E-state index in [4.69, 9.17) is 16.3 Å². The summed E-state index contributed by atoms with van der Waals surface area (Å²) in [7, 11) is 0. The van der Waals surface area contributed by atoms with Crippen LogP contribution in [0.2, 0.25) is 5.02 Å². The Balaban J connectivity index is 1.52. The van der Waals surface area contributed by atoms with Crippen molar-refractivity contribution < 1.29 is 9.53 Å². The van der Waals surface area contributed by atoms with Crippen LogP contribution in [-0.4, -0.2) is 18.7 Å². The highest BCUT2D eigenvalue weighted by Gasteiger charge is 2.09. The van der Waals surface area contributed by atoms with Crippen LogP contribution in [0.1, 0.15) is 11.1 Å². The molecule has 1 amide bonds. The number of benzene rings is 3. The topological polar surface area (TPSA) is 62.7 Å². The highest BCUT2D eigenvalue weighted by molar-refractivity contribution is 9.11. The van der Waals surface area contributed by atoms with Gasteiger partial charge < -0.3 is 10.1 Å². The number of hydrogen-bond acceptors (Lipinski definition) is 4. The summed E-state index contributed by atoms with van der Waals surface area (Å²) in [4.78, 5) is 11.9. The summed E-state index contributed by atoms with van der Waals surface area (Å²) in [5.74, 6) is 0.426. The van der Waals surface area contributed by atoms with Crippen LogP contribution in [0.15, 0.2) is 79.2 Å². The monoisotopic (exact) mass is 627 g/mol. The minimum Gasteiger partial charge on any atom is -0.487 e. The zero-order valence-corrected chi connectivity index (χ0v) is 21.6. The van der Waals surface area contributed by atoms with Gasteiger partial charge in [0.15, 0.2) is 0 Å². The van der Waals surface area contributed by atoms with Gasteiger partial charge in [-0.15, -0.1) is 0 Å². The van der Waals surface area contributed by atoms with Gasteiger partial charge in [0, 0.05) is 15.2 Å². The van der Waals surface area contributed by atoms with Crippen molar-refractivity contribution in [3.05, 3.63) is 90.2 Å². The molecule has 0 aliphatic carbocycles. The van der Waals surface area contributed by atoms with E-state index in [0.717, 1.165) is 30.2 Å². The second kappa shape index (κ2) is 11.7. The summed E-state index contributed by atoms with van der Waals surface area (Å²) in [5.41, 5.74) is 5.15. The third kappa shape index (κ3) is 7.64. The molecular weight excluding hydrogens is 613 g/mol. The smallest absolute Gasteiger partial charge is 0.259 e. The lowest BCUT2D eigenvalue weighted by atomic mass is 10.2. The summed E-state index contributed by atoms with van der Waals surface area (Å²) in [6.07, 6.45) is 1.56. The number of carbonyl (C=O) groups is 1. The van der Waals surface area contributed by atoms with Crippen molar-refractivity contribution in [3.63, 3.8) is 0 Å². The quantitative estimate of drug-likeness (QED) is 0.214. The predicted molar refractivity (Wildman–Crippen MR) is 136 cm³/mol. The zero-order valence-electron chi connectivity index (χ0n) is 16.0. The molecule has 0 fully saturated rings. The maximum atomic E-state index is 11.9. The lowest BCUT2D eigenvalue weighted by Gasteiger charge is -2.11. The minimum absolute atomic E-state index is 0.0925. The van der Waals surface area contributed by atoms with Crippen molar-refractivity contribution >= 4 is 77.2 Å². The first-order valence-corrected chi connectivity index (χ1v) is 11.8. The molecular formula is C22H17Br3ClN3O2. The maximum Gasteiger partial charge on any atom is 0.259 e. The lowest BCUT2D eigenvalue weighted by Crippen LogP contribution is -2.25. The molecule has 0 saturated carbocycles. The fourth-order valence-corrected chi connectivity index (χ4v) is 4.34. The molecule has 3 aromatic carbocycles. The van der Waals surface area contributed by atoms with Crippen molar-refractivity contribution in [1.29, 1.82) is 0 Å². The van der Waals surface area contributed by atoms with Gasteiger partial charge in [-0.1, -0.05) is 39.7 Å². The van der Waals surface area contributed by atoms with Crippen LogP contribution in [-0.2, 0) is 11.4 Å². The van der Waals surface area contributed by atoms with Gasteiger partial charge in [0.1, 0.15) is 12.4 Å². The molecule has 0 bridgehead atoms. The molecule has 0 aliphatic heterocycles. The Labute approximate surface area is 210 Å². The van der Waals surface area contributed by atoms with E-state index in [1.807, 2.05) is 36.4 Å². The molecule has 0 saturated heterocycles. The maximum absolute atomic E-state index is 11.9. The molecule has 160 valence electrons. The van der Waals surface area contributed by atoms with E-state index in [0.29, 0.717) is 17.4 Å². The number of amides is 1. The van der Waals surface area contributed by atoms with Crippen LogP contribution in [0.25, 0.3) is 0 Å². The van der Waals surface area contributed by atoms with E-state index < -0.39 is 0 Å². The molecule has 5 nitrogen and oxygen atoms in total. The Kier molecular flexibility index (Phi) is 8.95. The van der Waals surface area contributed by atoms with Crippen molar-refractivity contribution in [3.8, 4) is 5.75 Å². The molecule has 0 aromatic heterocycles. The van der Waals surface area contributed by atoms with E-state index in [1.54, 1.807) is 30.5 Å². The van der Waals surface area contributed by atoms with Crippen LogP contribution in [0.4, 0.5) is 5.69 Å². The molecule has 0 spiro atoms. The van der Waals surface area contributed by atoms with Crippen molar-refractivity contribution in [2.24, 2.45) is 5.10 Å². The molecule has 0 aliphatic rings. The average Bonchev–Trinajstić information content (AvgIpc) is 2.74. The molecule has 3 aromatic rings. The number of ether oxygens (including phenoxy) is 1. The molecule has 2 N–H and O–H groups in total. The van der Waals surface area contributed by atoms with Crippen molar-refractivity contribution in [1.82, 2.24) is 5.43 Å². The van der Waals surface area contributed by atoms with Crippen LogP contribution in [0, 0.1) is 0 Å². The van der Waals surface area contributed by atoms with Crippen LogP contribution < -0.4 is 15.5 Å². The van der Waals surface area contributed by atoms with Gasteiger partial charge in [0.2, 0.25) is 0 Å². The summed E-state index contributed by atoms with van der Waals surface area (Å²) >= 11 is 16.3. The van der Waals surface area contributed by atoms with Gasteiger partial charge in [-0.2, -0.15) is 5.10 Å². The van der Waals surface area contributed by atoms with E-state index in [1.165, 1.54) is 0 Å². The molecule has 0 radical (unpaired) electrons. The second-order valence-electron chi connectivity index (χ2n) is 6.38. The number of rotatable bonds is 8. The second-order valence-corrected chi connectivity index (χ2v) is 9.44. The number of hydrogen-bond donors (Lipinski definition) is 2. The van der Waals surface area contributed by atoms with Crippen LogP contribution in [0.3, 0.4) is 0 Å². The van der Waals surface area contributed by atoms with Gasteiger partial charge in [0.05, 0.1) is 21.7 Å². The molecule has 0 unspecified atom stereocenters. The fourth-order valence-electron chi connectivity index (χ4n) is 2.50. The molecule has 0 atom stereocenters. The third-order valence-electron chi connectivity index (χ3n) is 4.02. The Morgan fingerprint density at radius 2 is 1.65 bits per heavy atom. The first kappa shape index (κ1) is 23.8. The van der Waals surface area contributed by atoms with Gasteiger partial charge >= 0.3 is 0 Å². The number of hydrazone groups is 1. The van der Waals surface area contributed by atoms with E-state index in [-0.39, 0.29) is 12.5 Å². The summed E-state index contributed by atoms with van der Waals surface area (Å²) in [6, 6.07) is 18.8. The molecule has 31 heavy (non-hydrogen) atoms. The highest BCUT2D eigenvalue weighted by atomic mass is 79.9. The Bertz CT molecular complexity index is 1050. The zero-order chi connectivity index (χ0) is 22.2. The van der Waals surface area contributed by atoms with Gasteiger partial charge in [0.25, 0.3) is 5.91 Å². The number of nitrogens with one attached hydrogen (secondary N) is 2. The fraction of sp³-hybridized carbons (Fsp3) is 0.0909. The lowest BCUT2D eigenvalue weighted by molar-refractivity contribution is -0.119. The molecule has 3 rings (SSSR count). The summed E-state index contributed by atoms with van der Waals surface area (Å²) < 4.78 is 8.50. The third-order valence-corrected chi connectivity index (χ3v) is 5.98. The van der Waals surface area contributed by atoms with Gasteiger partial charge in [-0.25, -0.2) is 5.43 Å². The Hall–Kier alpha value is -1.87. The Morgan fingerprint density at radius 1 is 1.00 bits per heavy atom. The number of carbonyl (C=O) groups excluding carboxylic acids is 1. The van der Waals surface area contributed by atoms with Gasteiger partial charge in [-0.05, 0) is 91.5 Å². The highest BCUT2D eigenvalue weighted by Crippen LogP contribution is 2.35. The molecule has 0 heterocycles. The average molecular weight is 631 g/mol. The number of anilines is 1. The van der Waals surface area contributed by atoms with E-state index >= 15 is 0 Å². The minimum atomic E-state index is -0.265. The number of halogens is 4. The predicted octanol–water partition coefficient (Wildman–Crippen LogP) is 6.77. The summed E-state index contributed by atoms with van der Waals surface area (Å²) in [6.45, 7) is 0.532. The number of nitrogens with zero attached hydrogens (tertiary/aromatic N) is 1. The van der Waals surface area contributed by atoms with Crippen molar-refractivity contribution in [2.45, 2.75) is 6.61 Å². The molecule has 9 heteroatoms. The van der Waals surface area contributed by atoms with E-state index in [2.05, 4.69) is 63.6 Å². The largest absolute Gasteiger partial charge is 0.487 e. The van der Waals surface area contributed by atoms with Crippen LogP contribution in [0.5, 0.6) is 5.75 Å². The van der Waals surface area contributed by atoms with Crippen molar-refractivity contribution in [2.75, 3.05) is 11.9 Å². The SMILES string of the molecule is O=C(CNc1ccc(Cl)cc1)N/N=C\c1cc(Br)c(OCc2ccc(Br)cc2)c(Br)c1.